The summed E-state index contributed by atoms with van der Waals surface area (Å²) in [6.45, 7) is 3.51. The van der Waals surface area contributed by atoms with Crippen LogP contribution < -0.4 is 16.0 Å². The number of hydrogen-bond acceptors (Lipinski definition) is 3. The van der Waals surface area contributed by atoms with Gasteiger partial charge in [0, 0.05) is 24.7 Å². The van der Waals surface area contributed by atoms with Crippen molar-refractivity contribution >= 4 is 11.6 Å². The number of carbonyl (C=O) groups is 1. The molecule has 1 atom stereocenters. The third-order valence-corrected chi connectivity index (χ3v) is 3.48. The minimum absolute atomic E-state index is 0.00105. The molecule has 1 heterocycles. The van der Waals surface area contributed by atoms with E-state index >= 15 is 0 Å². The van der Waals surface area contributed by atoms with Gasteiger partial charge < -0.3 is 16.0 Å². The molecule has 4 heteroatoms. The van der Waals surface area contributed by atoms with E-state index in [1.54, 1.807) is 0 Å². The molecule has 0 fully saturated rings. The van der Waals surface area contributed by atoms with Crippen LogP contribution >= 0.6 is 0 Å². The SMILES string of the molecule is CNCCc1ccc2c(c1)CCC(=O)N2CC(C)N. The van der Waals surface area contributed by atoms with Crippen molar-refractivity contribution in [2.24, 2.45) is 5.73 Å². The molecule has 1 unspecified atom stereocenters. The van der Waals surface area contributed by atoms with Gasteiger partial charge in [-0.2, -0.15) is 0 Å². The number of hydrogen-bond donors (Lipinski definition) is 2. The number of anilines is 1. The monoisotopic (exact) mass is 261 g/mol. The van der Waals surface area contributed by atoms with E-state index in [9.17, 15) is 4.79 Å². The zero-order valence-corrected chi connectivity index (χ0v) is 11.8. The average Bonchev–Trinajstić information content (AvgIpc) is 2.39. The third kappa shape index (κ3) is 3.33. The summed E-state index contributed by atoms with van der Waals surface area (Å²) in [7, 11) is 1.96. The number of benzene rings is 1. The van der Waals surface area contributed by atoms with Gasteiger partial charge in [0.2, 0.25) is 5.91 Å². The highest BCUT2D eigenvalue weighted by atomic mass is 16.2. The lowest BCUT2D eigenvalue weighted by Gasteiger charge is -2.31. The molecule has 4 nitrogen and oxygen atoms in total. The molecule has 0 saturated heterocycles. The van der Waals surface area contributed by atoms with Crippen LogP contribution in [0.1, 0.15) is 24.5 Å². The normalized spacial score (nSPS) is 16.4. The Morgan fingerprint density at radius 2 is 2.21 bits per heavy atom. The Morgan fingerprint density at radius 1 is 1.42 bits per heavy atom. The second kappa shape index (κ2) is 6.17. The largest absolute Gasteiger partial charge is 0.326 e. The molecular formula is C15H23N3O. The maximum absolute atomic E-state index is 12.0. The van der Waals surface area contributed by atoms with Gasteiger partial charge in [0.25, 0.3) is 0 Å². The molecule has 1 aromatic carbocycles. The van der Waals surface area contributed by atoms with Crippen LogP contribution in [0.5, 0.6) is 0 Å². The van der Waals surface area contributed by atoms with Gasteiger partial charge in [0.05, 0.1) is 0 Å². The van der Waals surface area contributed by atoms with Gasteiger partial charge in [-0.25, -0.2) is 0 Å². The topological polar surface area (TPSA) is 58.4 Å². The first-order valence-corrected chi connectivity index (χ1v) is 6.94. The highest BCUT2D eigenvalue weighted by Crippen LogP contribution is 2.28. The van der Waals surface area contributed by atoms with Gasteiger partial charge in [-0.3, -0.25) is 4.79 Å². The van der Waals surface area contributed by atoms with Crippen LogP contribution in [0.2, 0.25) is 0 Å². The molecule has 104 valence electrons. The molecule has 0 bridgehead atoms. The standard InChI is InChI=1S/C15H23N3O/c1-11(16)10-18-14-5-3-12(7-8-17-2)9-13(14)4-6-15(18)19/h3,5,9,11,17H,4,6-8,10,16H2,1-2H3. The van der Waals surface area contributed by atoms with E-state index < -0.39 is 0 Å². The minimum atomic E-state index is -0.00105. The summed E-state index contributed by atoms with van der Waals surface area (Å²) in [5.74, 6) is 0.188. The number of rotatable bonds is 5. The quantitative estimate of drug-likeness (QED) is 0.833. The third-order valence-electron chi connectivity index (χ3n) is 3.48. The summed E-state index contributed by atoms with van der Waals surface area (Å²) in [6, 6.07) is 6.41. The second-order valence-electron chi connectivity index (χ2n) is 5.30. The van der Waals surface area contributed by atoms with E-state index in [1.165, 1.54) is 11.1 Å². The first-order valence-electron chi connectivity index (χ1n) is 6.94. The molecule has 3 N–H and O–H groups in total. The van der Waals surface area contributed by atoms with Crippen molar-refractivity contribution in [3.05, 3.63) is 29.3 Å². The fourth-order valence-corrected chi connectivity index (χ4v) is 2.53. The molecular weight excluding hydrogens is 238 g/mol. The fourth-order valence-electron chi connectivity index (χ4n) is 2.53. The summed E-state index contributed by atoms with van der Waals surface area (Å²) >= 11 is 0. The van der Waals surface area contributed by atoms with Crippen molar-refractivity contribution in [3.63, 3.8) is 0 Å². The number of aryl methyl sites for hydroxylation is 1. The smallest absolute Gasteiger partial charge is 0.227 e. The van der Waals surface area contributed by atoms with Crippen molar-refractivity contribution in [1.29, 1.82) is 0 Å². The molecule has 1 aromatic rings. The average molecular weight is 261 g/mol. The summed E-state index contributed by atoms with van der Waals surface area (Å²) in [4.78, 5) is 13.8. The van der Waals surface area contributed by atoms with Gasteiger partial charge in [-0.15, -0.1) is 0 Å². The number of carbonyl (C=O) groups excluding carboxylic acids is 1. The fraction of sp³-hybridized carbons (Fsp3) is 0.533. The highest BCUT2D eigenvalue weighted by molar-refractivity contribution is 5.96. The van der Waals surface area contributed by atoms with Crippen LogP contribution in [0.4, 0.5) is 5.69 Å². The van der Waals surface area contributed by atoms with E-state index in [2.05, 4.69) is 23.5 Å². The molecule has 0 aromatic heterocycles. The van der Waals surface area contributed by atoms with Crippen LogP contribution in [0.3, 0.4) is 0 Å². The van der Waals surface area contributed by atoms with Crippen LogP contribution in [0.15, 0.2) is 18.2 Å². The van der Waals surface area contributed by atoms with Crippen molar-refractivity contribution in [2.45, 2.75) is 32.2 Å². The molecule has 0 aliphatic carbocycles. The number of likely N-dealkylation sites (N-methyl/N-ethyl adjacent to an activating group) is 1. The van der Waals surface area contributed by atoms with Crippen molar-refractivity contribution in [1.82, 2.24) is 5.32 Å². The van der Waals surface area contributed by atoms with Crippen LogP contribution in [-0.4, -0.2) is 32.1 Å². The van der Waals surface area contributed by atoms with E-state index in [0.717, 1.165) is 25.1 Å². The molecule has 0 saturated carbocycles. The number of amides is 1. The summed E-state index contributed by atoms with van der Waals surface area (Å²) < 4.78 is 0. The summed E-state index contributed by atoms with van der Waals surface area (Å²) in [5, 5.41) is 3.16. The Labute approximate surface area is 115 Å². The molecule has 2 rings (SSSR count). The maximum Gasteiger partial charge on any atom is 0.227 e. The molecule has 0 radical (unpaired) electrons. The Morgan fingerprint density at radius 3 is 2.89 bits per heavy atom. The Kier molecular flexibility index (Phi) is 4.56. The van der Waals surface area contributed by atoms with Gasteiger partial charge in [-0.1, -0.05) is 12.1 Å². The second-order valence-corrected chi connectivity index (χ2v) is 5.30. The minimum Gasteiger partial charge on any atom is -0.326 e. The predicted octanol–water partition coefficient (Wildman–Crippen LogP) is 1.07. The Bertz CT molecular complexity index is 457. The van der Waals surface area contributed by atoms with Gasteiger partial charge >= 0.3 is 0 Å². The number of nitrogens with zero attached hydrogens (tertiary/aromatic N) is 1. The van der Waals surface area contributed by atoms with Crippen LogP contribution in [0.25, 0.3) is 0 Å². The first kappa shape index (κ1) is 14.0. The molecule has 1 aliphatic heterocycles. The van der Waals surface area contributed by atoms with Crippen molar-refractivity contribution in [2.75, 3.05) is 25.0 Å². The number of nitrogens with two attached hydrogens (primary N) is 1. The lowest BCUT2D eigenvalue weighted by molar-refractivity contribution is -0.118. The molecule has 1 aliphatic rings. The highest BCUT2D eigenvalue weighted by Gasteiger charge is 2.24. The van der Waals surface area contributed by atoms with E-state index in [4.69, 9.17) is 5.73 Å². The van der Waals surface area contributed by atoms with E-state index in [1.807, 2.05) is 18.9 Å². The number of fused-ring (bicyclic) bond motifs is 1. The van der Waals surface area contributed by atoms with Gasteiger partial charge in [0.15, 0.2) is 0 Å². The number of nitrogens with one attached hydrogen (secondary N) is 1. The molecule has 1 amide bonds. The summed E-state index contributed by atoms with van der Waals surface area (Å²) in [6.07, 6.45) is 2.46. The van der Waals surface area contributed by atoms with Gasteiger partial charge in [0.1, 0.15) is 0 Å². The van der Waals surface area contributed by atoms with E-state index in [0.29, 0.717) is 13.0 Å². The van der Waals surface area contributed by atoms with Gasteiger partial charge in [-0.05, 0) is 50.6 Å². The molecule has 0 spiro atoms. The van der Waals surface area contributed by atoms with E-state index in [-0.39, 0.29) is 11.9 Å². The first-order chi connectivity index (χ1) is 9.11. The van der Waals surface area contributed by atoms with Crippen LogP contribution in [0, 0.1) is 0 Å². The predicted molar refractivity (Wildman–Crippen MR) is 78.4 cm³/mol. The lowest BCUT2D eigenvalue weighted by atomic mass is 9.97. The maximum atomic E-state index is 12.0. The zero-order valence-electron chi connectivity index (χ0n) is 11.8. The Balaban J connectivity index is 2.22. The van der Waals surface area contributed by atoms with Crippen LogP contribution in [-0.2, 0) is 17.6 Å². The van der Waals surface area contributed by atoms with Crippen molar-refractivity contribution in [3.8, 4) is 0 Å². The lowest BCUT2D eigenvalue weighted by Crippen LogP contribution is -2.42. The Hall–Kier alpha value is -1.39. The molecule has 19 heavy (non-hydrogen) atoms. The van der Waals surface area contributed by atoms with Crippen molar-refractivity contribution < 1.29 is 4.79 Å². The summed E-state index contributed by atoms with van der Waals surface area (Å²) in [5.41, 5.74) is 9.47. The zero-order chi connectivity index (χ0) is 13.8.